The van der Waals surface area contributed by atoms with Crippen LogP contribution in [0.1, 0.15) is 10.4 Å². The van der Waals surface area contributed by atoms with E-state index in [4.69, 9.17) is 4.42 Å². The lowest BCUT2D eigenvalue weighted by Gasteiger charge is -2.02. The number of hydrogen-bond donors (Lipinski definition) is 0. The van der Waals surface area contributed by atoms with Crippen molar-refractivity contribution >= 4 is 28.2 Å². The first-order valence-corrected chi connectivity index (χ1v) is 6.82. The summed E-state index contributed by atoms with van der Waals surface area (Å²) in [7, 11) is 0. The number of aldehydes is 1. The van der Waals surface area contributed by atoms with E-state index in [0.717, 1.165) is 39.4 Å². The molecule has 2 heteroatoms. The molecule has 0 spiro atoms. The largest absolute Gasteiger partial charge is 0.456 e. The van der Waals surface area contributed by atoms with Gasteiger partial charge in [0.15, 0.2) is 0 Å². The summed E-state index contributed by atoms with van der Waals surface area (Å²) in [4.78, 5) is 10.7. The Balaban J connectivity index is 1.92. The fraction of sp³-hybridized carbons (Fsp3) is 0. The van der Waals surface area contributed by atoms with E-state index in [1.165, 1.54) is 0 Å². The zero-order valence-electron chi connectivity index (χ0n) is 11.2. The molecule has 1 aromatic heterocycles. The minimum Gasteiger partial charge on any atom is -0.456 e. The molecular formula is C19H12O2. The molecule has 0 aliphatic carbocycles. The molecule has 0 amide bonds. The van der Waals surface area contributed by atoms with Gasteiger partial charge in [-0.05, 0) is 29.3 Å². The lowest BCUT2D eigenvalue weighted by Crippen LogP contribution is -1.81. The molecule has 0 aliphatic heterocycles. The summed E-state index contributed by atoms with van der Waals surface area (Å²) in [5.41, 5.74) is 4.69. The Morgan fingerprint density at radius 3 is 2.24 bits per heavy atom. The highest BCUT2D eigenvalue weighted by Gasteiger charge is 2.07. The van der Waals surface area contributed by atoms with Crippen LogP contribution >= 0.6 is 0 Å². The molecular weight excluding hydrogens is 260 g/mol. The van der Waals surface area contributed by atoms with E-state index in [0.29, 0.717) is 5.56 Å². The van der Waals surface area contributed by atoms with Crippen LogP contribution < -0.4 is 0 Å². The van der Waals surface area contributed by atoms with Crippen molar-refractivity contribution < 1.29 is 9.21 Å². The van der Waals surface area contributed by atoms with Crippen LogP contribution in [0.15, 0.2) is 71.1 Å². The Labute approximate surface area is 121 Å². The molecule has 0 fully saturated rings. The van der Waals surface area contributed by atoms with Gasteiger partial charge in [-0.15, -0.1) is 0 Å². The number of carbonyl (C=O) groups is 1. The van der Waals surface area contributed by atoms with Gasteiger partial charge in [-0.25, -0.2) is 0 Å². The van der Waals surface area contributed by atoms with Gasteiger partial charge in [0.05, 0.1) is 0 Å². The summed E-state index contributed by atoms with van der Waals surface area (Å²) < 4.78 is 5.83. The van der Waals surface area contributed by atoms with Gasteiger partial charge in [-0.3, -0.25) is 4.79 Å². The molecule has 100 valence electrons. The van der Waals surface area contributed by atoms with Crippen molar-refractivity contribution in [3.05, 3.63) is 72.3 Å². The number of para-hydroxylation sites is 1. The quantitative estimate of drug-likeness (QED) is 0.477. The van der Waals surface area contributed by atoms with Gasteiger partial charge < -0.3 is 4.42 Å². The van der Waals surface area contributed by atoms with Crippen molar-refractivity contribution in [1.82, 2.24) is 0 Å². The van der Waals surface area contributed by atoms with E-state index < -0.39 is 0 Å². The number of rotatable bonds is 2. The standard InChI is InChI=1S/C19H12O2/c20-12-13-5-7-14(8-6-13)15-9-10-19-17(11-15)16-3-1-2-4-18(16)21-19/h1-12H. The minimum absolute atomic E-state index is 0.689. The second kappa shape index (κ2) is 4.60. The fourth-order valence-corrected chi connectivity index (χ4v) is 2.66. The summed E-state index contributed by atoms with van der Waals surface area (Å²) in [6, 6.07) is 21.8. The molecule has 1 heterocycles. The van der Waals surface area contributed by atoms with Gasteiger partial charge in [0.2, 0.25) is 0 Å². The summed E-state index contributed by atoms with van der Waals surface area (Å²) >= 11 is 0. The SMILES string of the molecule is O=Cc1ccc(-c2ccc3oc4ccccc4c3c2)cc1. The Kier molecular flexibility index (Phi) is 2.61. The molecule has 0 saturated heterocycles. The van der Waals surface area contributed by atoms with Gasteiger partial charge in [0.25, 0.3) is 0 Å². The highest BCUT2D eigenvalue weighted by Crippen LogP contribution is 2.32. The molecule has 0 bridgehead atoms. The van der Waals surface area contributed by atoms with Crippen LogP contribution in [0.25, 0.3) is 33.1 Å². The Hall–Kier alpha value is -2.87. The Bertz CT molecular complexity index is 946. The molecule has 21 heavy (non-hydrogen) atoms. The van der Waals surface area contributed by atoms with Crippen molar-refractivity contribution in [1.29, 1.82) is 0 Å². The predicted molar refractivity (Wildman–Crippen MR) is 84.5 cm³/mol. The van der Waals surface area contributed by atoms with Crippen molar-refractivity contribution in [3.8, 4) is 11.1 Å². The second-order valence-electron chi connectivity index (χ2n) is 5.05. The number of fused-ring (bicyclic) bond motifs is 3. The first-order valence-electron chi connectivity index (χ1n) is 6.82. The minimum atomic E-state index is 0.689. The van der Waals surface area contributed by atoms with Crippen molar-refractivity contribution in [2.45, 2.75) is 0 Å². The maximum absolute atomic E-state index is 10.7. The number of furan rings is 1. The van der Waals surface area contributed by atoms with Gasteiger partial charge in [-0.1, -0.05) is 48.5 Å². The zero-order valence-corrected chi connectivity index (χ0v) is 11.2. The number of hydrogen-bond acceptors (Lipinski definition) is 2. The third kappa shape index (κ3) is 1.93. The van der Waals surface area contributed by atoms with Crippen LogP contribution in [0.4, 0.5) is 0 Å². The molecule has 0 saturated carbocycles. The maximum Gasteiger partial charge on any atom is 0.150 e. The van der Waals surface area contributed by atoms with Gasteiger partial charge in [0.1, 0.15) is 17.5 Å². The topological polar surface area (TPSA) is 30.2 Å². The maximum atomic E-state index is 10.7. The Morgan fingerprint density at radius 1 is 0.714 bits per heavy atom. The lowest BCUT2D eigenvalue weighted by molar-refractivity contribution is 0.112. The predicted octanol–water partition coefficient (Wildman–Crippen LogP) is 5.07. The average Bonchev–Trinajstić information content (AvgIpc) is 2.93. The molecule has 0 unspecified atom stereocenters. The molecule has 3 aromatic carbocycles. The molecule has 4 rings (SSSR count). The third-order valence-corrected chi connectivity index (χ3v) is 3.76. The smallest absolute Gasteiger partial charge is 0.150 e. The highest BCUT2D eigenvalue weighted by molar-refractivity contribution is 6.06. The van der Waals surface area contributed by atoms with E-state index in [9.17, 15) is 4.79 Å². The normalized spacial score (nSPS) is 11.0. The number of carbonyl (C=O) groups excluding carboxylic acids is 1. The molecule has 0 aliphatic rings. The van der Waals surface area contributed by atoms with Crippen LogP contribution in [0.2, 0.25) is 0 Å². The van der Waals surface area contributed by atoms with E-state index in [2.05, 4.69) is 12.1 Å². The van der Waals surface area contributed by atoms with Crippen LogP contribution in [0.5, 0.6) is 0 Å². The van der Waals surface area contributed by atoms with Gasteiger partial charge >= 0.3 is 0 Å². The lowest BCUT2D eigenvalue weighted by atomic mass is 10.0. The summed E-state index contributed by atoms with van der Waals surface area (Å²) in [6.07, 6.45) is 0.858. The molecule has 0 radical (unpaired) electrons. The van der Waals surface area contributed by atoms with E-state index in [1.54, 1.807) is 0 Å². The van der Waals surface area contributed by atoms with Gasteiger partial charge in [0, 0.05) is 16.3 Å². The fourth-order valence-electron chi connectivity index (χ4n) is 2.66. The van der Waals surface area contributed by atoms with Crippen LogP contribution in [-0.2, 0) is 0 Å². The van der Waals surface area contributed by atoms with Crippen LogP contribution in [0.3, 0.4) is 0 Å². The first kappa shape index (κ1) is 11.9. The van der Waals surface area contributed by atoms with Crippen LogP contribution in [-0.4, -0.2) is 6.29 Å². The summed E-state index contributed by atoms with van der Waals surface area (Å²) in [5.74, 6) is 0. The zero-order chi connectivity index (χ0) is 14.2. The number of benzene rings is 3. The highest BCUT2D eigenvalue weighted by atomic mass is 16.3. The third-order valence-electron chi connectivity index (χ3n) is 3.76. The molecule has 0 N–H and O–H groups in total. The average molecular weight is 272 g/mol. The van der Waals surface area contributed by atoms with Gasteiger partial charge in [-0.2, -0.15) is 0 Å². The molecule has 2 nitrogen and oxygen atoms in total. The molecule has 0 atom stereocenters. The van der Waals surface area contributed by atoms with Crippen molar-refractivity contribution in [3.63, 3.8) is 0 Å². The molecule has 4 aromatic rings. The summed E-state index contributed by atoms with van der Waals surface area (Å²) in [5, 5.41) is 2.24. The van der Waals surface area contributed by atoms with E-state index in [1.807, 2.05) is 54.6 Å². The van der Waals surface area contributed by atoms with Crippen molar-refractivity contribution in [2.24, 2.45) is 0 Å². The second-order valence-corrected chi connectivity index (χ2v) is 5.05. The van der Waals surface area contributed by atoms with E-state index in [-0.39, 0.29) is 0 Å². The summed E-state index contributed by atoms with van der Waals surface area (Å²) in [6.45, 7) is 0. The first-order chi connectivity index (χ1) is 10.3. The Morgan fingerprint density at radius 2 is 1.43 bits per heavy atom. The van der Waals surface area contributed by atoms with Crippen LogP contribution in [0, 0.1) is 0 Å². The van der Waals surface area contributed by atoms with Crippen molar-refractivity contribution in [2.75, 3.05) is 0 Å². The van der Waals surface area contributed by atoms with E-state index >= 15 is 0 Å². The monoisotopic (exact) mass is 272 g/mol.